The van der Waals surface area contributed by atoms with Gasteiger partial charge in [0.1, 0.15) is 0 Å². The smallest absolute Gasteiger partial charge is 0.307 e. The van der Waals surface area contributed by atoms with E-state index in [1.165, 1.54) is 24.0 Å². The van der Waals surface area contributed by atoms with Crippen LogP contribution in [0.2, 0.25) is 0 Å². The van der Waals surface area contributed by atoms with Gasteiger partial charge in [-0.05, 0) is 36.8 Å². The molecule has 98 valence electrons. The second kappa shape index (κ2) is 6.55. The lowest BCUT2D eigenvalue weighted by Gasteiger charge is -2.09. The van der Waals surface area contributed by atoms with E-state index < -0.39 is 0 Å². The van der Waals surface area contributed by atoms with Crippen molar-refractivity contribution in [3.8, 4) is 0 Å². The number of hydrogen-bond donors (Lipinski definition) is 1. The number of carbonyl (C=O) groups is 1. The first-order chi connectivity index (χ1) is 8.81. The summed E-state index contributed by atoms with van der Waals surface area (Å²) in [6.07, 6.45) is 3.08. The summed E-state index contributed by atoms with van der Waals surface area (Å²) in [6, 6.07) is 8.58. The Morgan fingerprint density at radius 2 is 2.17 bits per heavy atom. The Balaban J connectivity index is 1.75. The Morgan fingerprint density at radius 1 is 1.39 bits per heavy atom. The summed E-state index contributed by atoms with van der Waals surface area (Å²) in [5, 5.41) is 3.31. The first-order valence-electron chi connectivity index (χ1n) is 6.75. The SMILES string of the molecule is CCOC(=O)CCNCc1ccccc1C1CC1. The molecule has 0 heterocycles. The van der Waals surface area contributed by atoms with Crippen LogP contribution in [0.3, 0.4) is 0 Å². The number of hydrogen-bond acceptors (Lipinski definition) is 3. The van der Waals surface area contributed by atoms with Gasteiger partial charge in [-0.25, -0.2) is 0 Å². The molecule has 1 aromatic carbocycles. The minimum absolute atomic E-state index is 0.125. The van der Waals surface area contributed by atoms with E-state index in [2.05, 4.69) is 29.6 Å². The van der Waals surface area contributed by atoms with Crippen LogP contribution in [-0.4, -0.2) is 19.1 Å². The lowest BCUT2D eigenvalue weighted by atomic mass is 10.0. The molecule has 0 unspecified atom stereocenters. The van der Waals surface area contributed by atoms with Gasteiger partial charge >= 0.3 is 5.97 Å². The first-order valence-corrected chi connectivity index (χ1v) is 6.75. The number of ether oxygens (including phenoxy) is 1. The number of carbonyl (C=O) groups excluding carboxylic acids is 1. The summed E-state index contributed by atoms with van der Waals surface area (Å²) in [4.78, 5) is 11.2. The normalized spacial score (nSPS) is 14.5. The molecule has 0 atom stereocenters. The lowest BCUT2D eigenvalue weighted by molar-refractivity contribution is -0.142. The van der Waals surface area contributed by atoms with E-state index in [4.69, 9.17) is 4.74 Å². The molecule has 1 saturated carbocycles. The van der Waals surface area contributed by atoms with Gasteiger partial charge in [-0.15, -0.1) is 0 Å². The zero-order chi connectivity index (χ0) is 12.8. The number of rotatable bonds is 7. The highest BCUT2D eigenvalue weighted by molar-refractivity contribution is 5.69. The molecule has 2 rings (SSSR count). The minimum Gasteiger partial charge on any atom is -0.466 e. The Bertz CT molecular complexity index is 399. The Labute approximate surface area is 109 Å². The highest BCUT2D eigenvalue weighted by Crippen LogP contribution is 2.41. The highest BCUT2D eigenvalue weighted by atomic mass is 16.5. The van der Waals surface area contributed by atoms with E-state index in [0.717, 1.165) is 12.5 Å². The van der Waals surface area contributed by atoms with Gasteiger partial charge in [0.15, 0.2) is 0 Å². The summed E-state index contributed by atoms with van der Waals surface area (Å²) in [5.41, 5.74) is 2.84. The predicted molar refractivity (Wildman–Crippen MR) is 71.4 cm³/mol. The van der Waals surface area contributed by atoms with Gasteiger partial charge in [-0.3, -0.25) is 4.79 Å². The van der Waals surface area contributed by atoms with Crippen molar-refractivity contribution in [2.24, 2.45) is 0 Å². The molecular weight excluding hydrogens is 226 g/mol. The average Bonchev–Trinajstić information content (AvgIpc) is 3.20. The van der Waals surface area contributed by atoms with Crippen molar-refractivity contribution in [1.29, 1.82) is 0 Å². The van der Waals surface area contributed by atoms with Crippen LogP contribution in [0.4, 0.5) is 0 Å². The molecule has 18 heavy (non-hydrogen) atoms. The Morgan fingerprint density at radius 3 is 2.89 bits per heavy atom. The van der Waals surface area contributed by atoms with E-state index >= 15 is 0 Å². The third kappa shape index (κ3) is 3.84. The fourth-order valence-corrected chi connectivity index (χ4v) is 2.13. The number of esters is 1. The van der Waals surface area contributed by atoms with Crippen molar-refractivity contribution in [2.45, 2.75) is 38.6 Å². The molecule has 0 radical (unpaired) electrons. The molecule has 1 aliphatic carbocycles. The summed E-state index contributed by atoms with van der Waals surface area (Å²) >= 11 is 0. The maximum atomic E-state index is 11.2. The zero-order valence-corrected chi connectivity index (χ0v) is 10.9. The van der Waals surface area contributed by atoms with E-state index in [0.29, 0.717) is 19.6 Å². The maximum absolute atomic E-state index is 11.2. The molecule has 0 bridgehead atoms. The van der Waals surface area contributed by atoms with Crippen LogP contribution in [0.25, 0.3) is 0 Å². The van der Waals surface area contributed by atoms with Crippen LogP contribution in [0, 0.1) is 0 Å². The molecule has 3 heteroatoms. The topological polar surface area (TPSA) is 38.3 Å². The predicted octanol–water partition coefficient (Wildman–Crippen LogP) is 2.61. The van der Waals surface area contributed by atoms with E-state index in [1.807, 2.05) is 6.92 Å². The van der Waals surface area contributed by atoms with Gasteiger partial charge in [0.2, 0.25) is 0 Å². The summed E-state index contributed by atoms with van der Waals surface area (Å²) in [6.45, 7) is 3.81. The third-order valence-electron chi connectivity index (χ3n) is 3.20. The molecule has 0 aromatic heterocycles. The van der Waals surface area contributed by atoms with E-state index in [9.17, 15) is 4.79 Å². The second-order valence-corrected chi connectivity index (χ2v) is 4.70. The molecule has 1 N–H and O–H groups in total. The largest absolute Gasteiger partial charge is 0.466 e. The van der Waals surface area contributed by atoms with Crippen LogP contribution in [0.15, 0.2) is 24.3 Å². The van der Waals surface area contributed by atoms with Gasteiger partial charge in [0, 0.05) is 13.1 Å². The fourth-order valence-electron chi connectivity index (χ4n) is 2.13. The van der Waals surface area contributed by atoms with Crippen LogP contribution < -0.4 is 5.32 Å². The monoisotopic (exact) mass is 247 g/mol. The van der Waals surface area contributed by atoms with E-state index in [-0.39, 0.29) is 5.97 Å². The van der Waals surface area contributed by atoms with Crippen molar-refractivity contribution in [1.82, 2.24) is 5.32 Å². The molecule has 1 fully saturated rings. The summed E-state index contributed by atoms with van der Waals surface area (Å²) < 4.78 is 4.89. The Kier molecular flexibility index (Phi) is 4.76. The minimum atomic E-state index is -0.125. The maximum Gasteiger partial charge on any atom is 0.307 e. The average molecular weight is 247 g/mol. The van der Waals surface area contributed by atoms with Crippen LogP contribution in [0.5, 0.6) is 0 Å². The van der Waals surface area contributed by atoms with Gasteiger partial charge in [0.25, 0.3) is 0 Å². The number of benzene rings is 1. The molecule has 1 aromatic rings. The molecule has 0 amide bonds. The molecule has 1 aliphatic rings. The van der Waals surface area contributed by atoms with Gasteiger partial charge in [-0.1, -0.05) is 24.3 Å². The molecule has 3 nitrogen and oxygen atoms in total. The van der Waals surface area contributed by atoms with Gasteiger partial charge in [-0.2, -0.15) is 0 Å². The highest BCUT2D eigenvalue weighted by Gasteiger charge is 2.25. The van der Waals surface area contributed by atoms with Crippen molar-refractivity contribution >= 4 is 5.97 Å². The van der Waals surface area contributed by atoms with Crippen LogP contribution in [-0.2, 0) is 16.1 Å². The molecular formula is C15H21NO2. The van der Waals surface area contributed by atoms with Crippen molar-refractivity contribution < 1.29 is 9.53 Å². The number of nitrogens with one attached hydrogen (secondary N) is 1. The molecule has 0 aliphatic heterocycles. The van der Waals surface area contributed by atoms with Crippen molar-refractivity contribution in [3.05, 3.63) is 35.4 Å². The zero-order valence-electron chi connectivity index (χ0n) is 10.9. The van der Waals surface area contributed by atoms with Crippen LogP contribution >= 0.6 is 0 Å². The third-order valence-corrected chi connectivity index (χ3v) is 3.20. The second-order valence-electron chi connectivity index (χ2n) is 4.70. The molecule has 0 spiro atoms. The van der Waals surface area contributed by atoms with Crippen LogP contribution in [0.1, 0.15) is 43.2 Å². The van der Waals surface area contributed by atoms with Gasteiger partial charge < -0.3 is 10.1 Å². The van der Waals surface area contributed by atoms with Crippen molar-refractivity contribution in [3.63, 3.8) is 0 Å². The quantitative estimate of drug-likeness (QED) is 0.594. The first kappa shape index (κ1) is 13.1. The van der Waals surface area contributed by atoms with E-state index in [1.54, 1.807) is 0 Å². The standard InChI is InChI=1S/C15H21NO2/c1-2-18-15(17)9-10-16-11-13-5-3-4-6-14(13)12-7-8-12/h3-6,12,16H,2,7-11H2,1H3. The summed E-state index contributed by atoms with van der Waals surface area (Å²) in [7, 11) is 0. The van der Waals surface area contributed by atoms with Crippen molar-refractivity contribution in [2.75, 3.05) is 13.2 Å². The molecule has 0 saturated heterocycles. The lowest BCUT2D eigenvalue weighted by Crippen LogP contribution is -2.19. The summed E-state index contributed by atoms with van der Waals surface area (Å²) in [5.74, 6) is 0.647. The fraction of sp³-hybridized carbons (Fsp3) is 0.533. The van der Waals surface area contributed by atoms with Gasteiger partial charge in [0.05, 0.1) is 13.0 Å². The Hall–Kier alpha value is -1.35.